The molecule has 0 bridgehead atoms. The van der Waals surface area contributed by atoms with Gasteiger partial charge in [0.15, 0.2) is 0 Å². The van der Waals surface area contributed by atoms with Crippen molar-refractivity contribution in [2.75, 3.05) is 31.6 Å². The van der Waals surface area contributed by atoms with Crippen molar-refractivity contribution >= 4 is 5.82 Å². The lowest BCUT2D eigenvalue weighted by molar-refractivity contribution is 0.200. The van der Waals surface area contributed by atoms with Crippen molar-refractivity contribution < 1.29 is 4.74 Å². The number of fused-ring (bicyclic) bond motifs is 1. The number of aryl methyl sites for hydroxylation is 1. The first-order valence-electron chi connectivity index (χ1n) is 9.13. The number of ether oxygens (including phenoxy) is 1. The van der Waals surface area contributed by atoms with Gasteiger partial charge in [-0.3, -0.25) is 4.90 Å². The molecule has 1 aromatic carbocycles. The van der Waals surface area contributed by atoms with E-state index >= 15 is 0 Å². The lowest BCUT2D eigenvalue weighted by Crippen LogP contribution is -2.48. The zero-order valence-corrected chi connectivity index (χ0v) is 15.1. The Morgan fingerprint density at radius 2 is 1.92 bits per heavy atom. The van der Waals surface area contributed by atoms with E-state index in [0.717, 1.165) is 31.4 Å². The number of hydrogen-bond acceptors (Lipinski definition) is 5. The van der Waals surface area contributed by atoms with E-state index in [1.165, 1.54) is 30.5 Å². The van der Waals surface area contributed by atoms with Gasteiger partial charge in [-0.05, 0) is 37.8 Å². The topological polar surface area (TPSA) is 41.5 Å². The van der Waals surface area contributed by atoms with Crippen molar-refractivity contribution in [1.82, 2.24) is 14.9 Å². The minimum absolute atomic E-state index is 0.607. The van der Waals surface area contributed by atoms with Gasteiger partial charge in [-0.2, -0.15) is 0 Å². The van der Waals surface area contributed by atoms with E-state index in [-0.39, 0.29) is 0 Å². The van der Waals surface area contributed by atoms with Gasteiger partial charge in [-0.15, -0.1) is 0 Å². The fourth-order valence-electron chi connectivity index (χ4n) is 4.17. The number of methoxy groups -OCH3 is 1. The Labute approximate surface area is 149 Å². The molecular formula is C20H26N4O. The van der Waals surface area contributed by atoms with Crippen molar-refractivity contribution in [3.8, 4) is 5.88 Å². The van der Waals surface area contributed by atoms with Gasteiger partial charge < -0.3 is 9.64 Å². The first-order valence-corrected chi connectivity index (χ1v) is 9.13. The summed E-state index contributed by atoms with van der Waals surface area (Å²) in [5.74, 6) is 2.42. The molecule has 2 atom stereocenters. The normalized spacial score (nSPS) is 23.5. The maximum atomic E-state index is 5.25. The Hall–Kier alpha value is -2.14. The quantitative estimate of drug-likeness (QED) is 0.857. The highest BCUT2D eigenvalue weighted by Crippen LogP contribution is 2.34. The highest BCUT2D eigenvalue weighted by Gasteiger charge is 2.38. The zero-order chi connectivity index (χ0) is 17.2. The van der Waals surface area contributed by atoms with E-state index < -0.39 is 0 Å². The Morgan fingerprint density at radius 1 is 1.12 bits per heavy atom. The van der Waals surface area contributed by atoms with Gasteiger partial charge in [-0.1, -0.05) is 29.8 Å². The van der Waals surface area contributed by atoms with Gasteiger partial charge >= 0.3 is 0 Å². The Balaban J connectivity index is 1.47. The van der Waals surface area contributed by atoms with E-state index in [9.17, 15) is 0 Å². The molecule has 5 heteroatoms. The molecule has 0 radical (unpaired) electrons. The molecule has 4 rings (SSSR count). The highest BCUT2D eigenvalue weighted by atomic mass is 16.5. The SMILES string of the molecule is COc1cc(N2CCC3CCN(Cc4ccc(C)cc4)C3C2)ncn1. The summed E-state index contributed by atoms with van der Waals surface area (Å²) in [4.78, 5) is 13.6. The fourth-order valence-corrected chi connectivity index (χ4v) is 4.17. The molecule has 2 unspecified atom stereocenters. The summed E-state index contributed by atoms with van der Waals surface area (Å²) < 4.78 is 5.25. The van der Waals surface area contributed by atoms with Gasteiger partial charge in [0.25, 0.3) is 0 Å². The fraction of sp³-hybridized carbons (Fsp3) is 0.500. The number of likely N-dealkylation sites (tertiary alicyclic amines) is 1. The lowest BCUT2D eigenvalue weighted by Gasteiger charge is -2.39. The Kier molecular flexibility index (Phi) is 4.57. The summed E-state index contributed by atoms with van der Waals surface area (Å²) in [6.45, 7) is 6.49. The molecular weight excluding hydrogens is 312 g/mol. The van der Waals surface area contributed by atoms with Crippen molar-refractivity contribution in [3.05, 3.63) is 47.8 Å². The molecule has 2 saturated heterocycles. The summed E-state index contributed by atoms with van der Waals surface area (Å²) >= 11 is 0. The summed E-state index contributed by atoms with van der Waals surface area (Å²) in [6, 6.07) is 11.5. The standard InChI is InChI=1S/C20H26N4O/c1-15-3-5-16(6-4-15)12-23-9-7-17-8-10-24(13-18(17)23)19-11-20(25-2)22-14-21-19/h3-6,11,14,17-18H,7-10,12-13H2,1-2H3. The second kappa shape index (κ2) is 7.00. The number of hydrogen-bond donors (Lipinski definition) is 0. The van der Waals surface area contributed by atoms with Gasteiger partial charge in [0.1, 0.15) is 12.1 Å². The van der Waals surface area contributed by atoms with Gasteiger partial charge in [0.05, 0.1) is 7.11 Å². The molecule has 5 nitrogen and oxygen atoms in total. The molecule has 0 spiro atoms. The minimum Gasteiger partial charge on any atom is -0.481 e. The third-order valence-corrected chi connectivity index (χ3v) is 5.64. The lowest BCUT2D eigenvalue weighted by atomic mass is 9.92. The number of benzene rings is 1. The summed E-state index contributed by atoms with van der Waals surface area (Å²) in [5, 5.41) is 0. The van der Waals surface area contributed by atoms with Crippen molar-refractivity contribution in [3.63, 3.8) is 0 Å². The number of piperidine rings is 1. The molecule has 1 aromatic heterocycles. The summed E-state index contributed by atoms with van der Waals surface area (Å²) in [7, 11) is 1.65. The summed E-state index contributed by atoms with van der Waals surface area (Å²) in [5.41, 5.74) is 2.73. The van der Waals surface area contributed by atoms with Gasteiger partial charge in [0, 0.05) is 31.7 Å². The Bertz CT molecular complexity index is 718. The molecule has 2 aliphatic heterocycles. The third-order valence-electron chi connectivity index (χ3n) is 5.64. The van der Waals surface area contributed by atoms with Gasteiger partial charge in [-0.25, -0.2) is 9.97 Å². The second-order valence-corrected chi connectivity index (χ2v) is 7.23. The molecule has 2 fully saturated rings. The molecule has 0 amide bonds. The maximum Gasteiger partial charge on any atom is 0.218 e. The van der Waals surface area contributed by atoms with E-state index in [1.807, 2.05) is 6.07 Å². The average Bonchev–Trinajstić information content (AvgIpc) is 3.06. The van der Waals surface area contributed by atoms with Crippen LogP contribution >= 0.6 is 0 Å². The first-order chi connectivity index (χ1) is 12.2. The third kappa shape index (κ3) is 3.47. The van der Waals surface area contributed by atoms with Crippen LogP contribution in [0.2, 0.25) is 0 Å². The number of rotatable bonds is 4. The zero-order valence-electron chi connectivity index (χ0n) is 15.1. The largest absolute Gasteiger partial charge is 0.481 e. The number of anilines is 1. The molecule has 2 aromatic rings. The predicted octanol–water partition coefficient (Wildman–Crippen LogP) is 2.89. The van der Waals surface area contributed by atoms with E-state index in [4.69, 9.17) is 4.74 Å². The van der Waals surface area contributed by atoms with Gasteiger partial charge in [0.2, 0.25) is 5.88 Å². The minimum atomic E-state index is 0.607. The van der Waals surface area contributed by atoms with E-state index in [0.29, 0.717) is 11.9 Å². The van der Waals surface area contributed by atoms with Crippen LogP contribution in [0.25, 0.3) is 0 Å². The van der Waals surface area contributed by atoms with Crippen molar-refractivity contribution in [2.24, 2.45) is 5.92 Å². The van der Waals surface area contributed by atoms with Crippen LogP contribution in [-0.4, -0.2) is 47.7 Å². The van der Waals surface area contributed by atoms with Crippen molar-refractivity contribution in [2.45, 2.75) is 32.4 Å². The van der Waals surface area contributed by atoms with E-state index in [1.54, 1.807) is 13.4 Å². The second-order valence-electron chi connectivity index (χ2n) is 7.23. The first kappa shape index (κ1) is 16.3. The van der Waals surface area contributed by atoms with Crippen LogP contribution in [0.15, 0.2) is 36.7 Å². The number of aromatic nitrogens is 2. The highest BCUT2D eigenvalue weighted by molar-refractivity contribution is 5.42. The molecule has 2 aliphatic rings. The molecule has 25 heavy (non-hydrogen) atoms. The molecule has 132 valence electrons. The summed E-state index contributed by atoms with van der Waals surface area (Å²) in [6.07, 6.45) is 4.15. The van der Waals surface area contributed by atoms with Crippen LogP contribution in [0.4, 0.5) is 5.82 Å². The maximum absolute atomic E-state index is 5.25. The molecule has 0 saturated carbocycles. The number of nitrogens with zero attached hydrogens (tertiary/aromatic N) is 4. The molecule has 0 aliphatic carbocycles. The van der Waals surface area contributed by atoms with Crippen LogP contribution in [-0.2, 0) is 6.54 Å². The molecule has 0 N–H and O–H groups in total. The molecule has 3 heterocycles. The smallest absolute Gasteiger partial charge is 0.218 e. The Morgan fingerprint density at radius 3 is 2.72 bits per heavy atom. The van der Waals surface area contributed by atoms with Crippen LogP contribution in [0.5, 0.6) is 5.88 Å². The average molecular weight is 338 g/mol. The van der Waals surface area contributed by atoms with Crippen molar-refractivity contribution in [1.29, 1.82) is 0 Å². The van der Waals surface area contributed by atoms with Crippen LogP contribution in [0.1, 0.15) is 24.0 Å². The van der Waals surface area contributed by atoms with E-state index in [2.05, 4.69) is 51.0 Å². The van der Waals surface area contributed by atoms with Crippen LogP contribution < -0.4 is 9.64 Å². The van der Waals surface area contributed by atoms with Crippen LogP contribution in [0.3, 0.4) is 0 Å². The monoisotopic (exact) mass is 338 g/mol. The van der Waals surface area contributed by atoms with Crippen LogP contribution in [0, 0.1) is 12.8 Å². The predicted molar refractivity (Wildman–Crippen MR) is 98.9 cm³/mol.